The number of carbonyl (C=O) groups excluding carboxylic acids is 1. The molecule has 1 aliphatic heterocycles. The molecule has 0 bridgehead atoms. The summed E-state index contributed by atoms with van der Waals surface area (Å²) in [5, 5.41) is 4.71. The predicted octanol–water partition coefficient (Wildman–Crippen LogP) is 1.63. The summed E-state index contributed by atoms with van der Waals surface area (Å²) in [4.78, 5) is 12.3. The Hall–Kier alpha value is -0.910. The minimum Gasteiger partial charge on any atom is -0.349 e. The van der Waals surface area contributed by atoms with Crippen LogP contribution in [0.1, 0.15) is 23.5 Å². The van der Waals surface area contributed by atoms with E-state index in [1.165, 1.54) is 11.3 Å². The van der Waals surface area contributed by atoms with E-state index < -0.39 is 5.79 Å². The third-order valence-corrected chi connectivity index (χ3v) is 3.17. The third kappa shape index (κ3) is 2.81. The van der Waals surface area contributed by atoms with Crippen molar-refractivity contribution in [3.05, 3.63) is 22.4 Å². The second-order valence-corrected chi connectivity index (χ2v) is 5.09. The normalized spacial score (nSPS) is 23.2. The number of thiophene rings is 1. The van der Waals surface area contributed by atoms with E-state index in [1.807, 2.05) is 25.3 Å². The standard InChI is InChI=1S/C11H15NO3S/c1-11(2)14-7-8(15-11)6-12-10(13)9-4-3-5-16-9/h3-5,8H,6-7H2,1-2H3,(H,12,13). The topological polar surface area (TPSA) is 47.6 Å². The number of amides is 1. The Balaban J connectivity index is 1.79. The summed E-state index contributed by atoms with van der Waals surface area (Å²) >= 11 is 1.43. The van der Waals surface area contributed by atoms with E-state index >= 15 is 0 Å². The molecule has 1 unspecified atom stereocenters. The van der Waals surface area contributed by atoms with Gasteiger partial charge in [-0.3, -0.25) is 4.79 Å². The summed E-state index contributed by atoms with van der Waals surface area (Å²) < 4.78 is 11.0. The smallest absolute Gasteiger partial charge is 0.261 e. The molecule has 1 saturated heterocycles. The number of hydrogen-bond acceptors (Lipinski definition) is 4. The molecule has 2 heterocycles. The molecule has 1 atom stereocenters. The van der Waals surface area contributed by atoms with Gasteiger partial charge in [0.05, 0.1) is 11.5 Å². The van der Waals surface area contributed by atoms with Gasteiger partial charge in [-0.2, -0.15) is 0 Å². The molecule has 0 saturated carbocycles. The largest absolute Gasteiger partial charge is 0.349 e. The van der Waals surface area contributed by atoms with Crippen LogP contribution in [-0.4, -0.2) is 30.9 Å². The Bertz CT molecular complexity index is 361. The number of nitrogens with one attached hydrogen (secondary N) is 1. The number of rotatable bonds is 3. The molecule has 5 heteroatoms. The predicted molar refractivity (Wildman–Crippen MR) is 61.6 cm³/mol. The van der Waals surface area contributed by atoms with Crippen molar-refractivity contribution in [1.29, 1.82) is 0 Å². The molecule has 16 heavy (non-hydrogen) atoms. The monoisotopic (exact) mass is 241 g/mol. The van der Waals surface area contributed by atoms with Gasteiger partial charge in [0.15, 0.2) is 5.79 Å². The first kappa shape index (κ1) is 11.6. The van der Waals surface area contributed by atoms with Crippen LogP contribution in [0.2, 0.25) is 0 Å². The van der Waals surface area contributed by atoms with Gasteiger partial charge < -0.3 is 14.8 Å². The maximum absolute atomic E-state index is 11.6. The molecule has 1 aromatic heterocycles. The fourth-order valence-corrected chi connectivity index (χ4v) is 2.21. The van der Waals surface area contributed by atoms with Crippen LogP contribution in [0, 0.1) is 0 Å². The van der Waals surface area contributed by atoms with Gasteiger partial charge in [0, 0.05) is 6.54 Å². The van der Waals surface area contributed by atoms with Gasteiger partial charge in [0.2, 0.25) is 0 Å². The second-order valence-electron chi connectivity index (χ2n) is 4.14. The van der Waals surface area contributed by atoms with E-state index in [0.717, 1.165) is 4.88 Å². The van der Waals surface area contributed by atoms with Gasteiger partial charge in [-0.15, -0.1) is 11.3 Å². The maximum Gasteiger partial charge on any atom is 0.261 e. The molecule has 1 amide bonds. The first-order valence-electron chi connectivity index (χ1n) is 5.20. The zero-order valence-corrected chi connectivity index (χ0v) is 10.2. The average Bonchev–Trinajstić information content (AvgIpc) is 2.83. The molecule has 88 valence electrons. The van der Waals surface area contributed by atoms with E-state index in [0.29, 0.717) is 13.2 Å². The molecule has 0 aliphatic carbocycles. The van der Waals surface area contributed by atoms with E-state index in [-0.39, 0.29) is 12.0 Å². The number of ether oxygens (including phenoxy) is 2. The quantitative estimate of drug-likeness (QED) is 0.875. The van der Waals surface area contributed by atoms with Crippen molar-refractivity contribution in [3.8, 4) is 0 Å². The molecule has 1 fully saturated rings. The molecule has 2 rings (SSSR count). The van der Waals surface area contributed by atoms with Gasteiger partial charge in [0.1, 0.15) is 6.10 Å². The third-order valence-electron chi connectivity index (χ3n) is 2.30. The summed E-state index contributed by atoms with van der Waals surface area (Å²) in [6.07, 6.45) is -0.0566. The van der Waals surface area contributed by atoms with Gasteiger partial charge in [-0.05, 0) is 25.3 Å². The summed E-state index contributed by atoms with van der Waals surface area (Å²) in [6.45, 7) is 4.75. The Morgan fingerprint density at radius 2 is 2.50 bits per heavy atom. The van der Waals surface area contributed by atoms with Gasteiger partial charge >= 0.3 is 0 Å². The molecule has 1 aromatic rings. The number of carbonyl (C=O) groups is 1. The van der Waals surface area contributed by atoms with E-state index in [2.05, 4.69) is 5.32 Å². The average molecular weight is 241 g/mol. The lowest BCUT2D eigenvalue weighted by Crippen LogP contribution is -2.34. The molecule has 0 spiro atoms. The lowest BCUT2D eigenvalue weighted by Gasteiger charge is -2.17. The maximum atomic E-state index is 11.6. The zero-order chi connectivity index (χ0) is 11.6. The van der Waals surface area contributed by atoms with Crippen molar-refractivity contribution in [2.24, 2.45) is 0 Å². The highest BCUT2D eigenvalue weighted by atomic mass is 32.1. The van der Waals surface area contributed by atoms with Crippen LogP contribution in [0.4, 0.5) is 0 Å². The Labute approximate surface area is 98.6 Å². The van der Waals surface area contributed by atoms with Crippen LogP contribution in [0.5, 0.6) is 0 Å². The van der Waals surface area contributed by atoms with E-state index in [1.54, 1.807) is 6.07 Å². The molecular formula is C11H15NO3S. The first-order chi connectivity index (χ1) is 7.57. The summed E-state index contributed by atoms with van der Waals surface area (Å²) in [7, 11) is 0. The Morgan fingerprint density at radius 1 is 1.69 bits per heavy atom. The Kier molecular flexibility index (Phi) is 3.28. The lowest BCUT2D eigenvalue weighted by molar-refractivity contribution is -0.137. The van der Waals surface area contributed by atoms with Crippen molar-refractivity contribution in [3.63, 3.8) is 0 Å². The zero-order valence-electron chi connectivity index (χ0n) is 9.36. The van der Waals surface area contributed by atoms with E-state index in [9.17, 15) is 4.79 Å². The van der Waals surface area contributed by atoms with Gasteiger partial charge in [-0.1, -0.05) is 6.07 Å². The number of hydrogen-bond donors (Lipinski definition) is 1. The van der Waals surface area contributed by atoms with Crippen LogP contribution >= 0.6 is 11.3 Å². The molecule has 4 nitrogen and oxygen atoms in total. The first-order valence-corrected chi connectivity index (χ1v) is 6.08. The van der Waals surface area contributed by atoms with Crippen LogP contribution in [0.25, 0.3) is 0 Å². The molecule has 0 aromatic carbocycles. The van der Waals surface area contributed by atoms with E-state index in [4.69, 9.17) is 9.47 Å². The van der Waals surface area contributed by atoms with Crippen molar-refractivity contribution >= 4 is 17.2 Å². The van der Waals surface area contributed by atoms with Crippen molar-refractivity contribution in [1.82, 2.24) is 5.32 Å². The Morgan fingerprint density at radius 3 is 3.06 bits per heavy atom. The highest BCUT2D eigenvalue weighted by Crippen LogP contribution is 2.21. The highest BCUT2D eigenvalue weighted by molar-refractivity contribution is 7.12. The summed E-state index contributed by atoms with van der Waals surface area (Å²) in [6, 6.07) is 3.66. The minimum atomic E-state index is -0.529. The van der Waals surface area contributed by atoms with Crippen LogP contribution in [0.15, 0.2) is 17.5 Å². The highest BCUT2D eigenvalue weighted by Gasteiger charge is 2.32. The molecule has 0 radical (unpaired) electrons. The van der Waals surface area contributed by atoms with Crippen molar-refractivity contribution < 1.29 is 14.3 Å². The SMILES string of the molecule is CC1(C)OCC(CNC(=O)c2cccs2)O1. The fraction of sp³-hybridized carbons (Fsp3) is 0.545. The van der Waals surface area contributed by atoms with Crippen molar-refractivity contribution in [2.45, 2.75) is 25.7 Å². The molecule has 1 N–H and O–H groups in total. The lowest BCUT2D eigenvalue weighted by atomic mass is 10.3. The molecule has 1 aliphatic rings. The van der Waals surface area contributed by atoms with Crippen LogP contribution in [-0.2, 0) is 9.47 Å². The van der Waals surface area contributed by atoms with Gasteiger partial charge in [0.25, 0.3) is 5.91 Å². The van der Waals surface area contributed by atoms with Gasteiger partial charge in [-0.25, -0.2) is 0 Å². The van der Waals surface area contributed by atoms with Crippen LogP contribution in [0.3, 0.4) is 0 Å². The molecular weight excluding hydrogens is 226 g/mol. The van der Waals surface area contributed by atoms with Crippen LogP contribution < -0.4 is 5.32 Å². The summed E-state index contributed by atoms with van der Waals surface area (Å²) in [5.74, 6) is -0.582. The second kappa shape index (κ2) is 4.53. The summed E-state index contributed by atoms with van der Waals surface area (Å²) in [5.41, 5.74) is 0. The minimum absolute atomic E-state index is 0.0525. The van der Waals surface area contributed by atoms with Crippen molar-refractivity contribution in [2.75, 3.05) is 13.2 Å². The fourth-order valence-electron chi connectivity index (χ4n) is 1.57.